The van der Waals surface area contributed by atoms with Crippen LogP contribution < -0.4 is 11.1 Å². The van der Waals surface area contributed by atoms with Crippen LogP contribution in [0.3, 0.4) is 0 Å². The lowest BCUT2D eigenvalue weighted by atomic mass is 10.0. The van der Waals surface area contributed by atoms with E-state index in [2.05, 4.69) is 5.32 Å². The number of nitrogen functional groups attached to an aromatic ring is 1. The zero-order valence-corrected chi connectivity index (χ0v) is 11.0. The summed E-state index contributed by atoms with van der Waals surface area (Å²) in [5.74, 6) is -0.0331. The normalized spacial score (nSPS) is 10.2. The molecule has 3 N–H and O–H groups in total. The van der Waals surface area contributed by atoms with Crippen molar-refractivity contribution in [2.24, 2.45) is 0 Å². The summed E-state index contributed by atoms with van der Waals surface area (Å²) >= 11 is 0. The molecule has 0 unspecified atom stereocenters. The third kappa shape index (κ3) is 3.35. The average molecular weight is 254 g/mol. The number of amides is 1. The van der Waals surface area contributed by atoms with Crippen molar-refractivity contribution in [2.75, 3.05) is 5.73 Å². The average Bonchev–Trinajstić information content (AvgIpc) is 2.46. The fraction of sp³-hybridized carbons (Fsp3) is 0.188. The van der Waals surface area contributed by atoms with E-state index >= 15 is 0 Å². The van der Waals surface area contributed by atoms with Crippen molar-refractivity contribution in [3.05, 3.63) is 65.2 Å². The second-order valence-electron chi connectivity index (χ2n) is 4.43. The van der Waals surface area contributed by atoms with E-state index in [9.17, 15) is 4.79 Å². The molecule has 0 heterocycles. The highest BCUT2D eigenvalue weighted by Crippen LogP contribution is 2.10. The molecule has 0 aliphatic carbocycles. The van der Waals surface area contributed by atoms with Gasteiger partial charge in [0.15, 0.2) is 0 Å². The van der Waals surface area contributed by atoms with Gasteiger partial charge in [-0.05, 0) is 35.7 Å². The summed E-state index contributed by atoms with van der Waals surface area (Å²) in [6.07, 6.45) is 0.853. The van der Waals surface area contributed by atoms with Crippen LogP contribution in [0.2, 0.25) is 0 Å². The minimum absolute atomic E-state index is 0.0331. The first-order valence-electron chi connectivity index (χ1n) is 6.41. The number of nitrogens with one attached hydrogen (secondary N) is 1. The number of carbonyl (C=O) groups is 1. The first-order valence-corrected chi connectivity index (χ1v) is 6.41. The molecule has 2 aromatic rings. The monoisotopic (exact) mass is 254 g/mol. The highest BCUT2D eigenvalue weighted by Gasteiger charge is 2.08. The van der Waals surface area contributed by atoms with E-state index in [1.54, 1.807) is 0 Å². The van der Waals surface area contributed by atoms with E-state index in [1.165, 1.54) is 0 Å². The Balaban J connectivity index is 2.03. The molecule has 2 aromatic carbocycles. The predicted octanol–water partition coefficient (Wildman–Crippen LogP) is 2.76. The van der Waals surface area contributed by atoms with Crippen molar-refractivity contribution in [3.8, 4) is 0 Å². The number of benzene rings is 2. The van der Waals surface area contributed by atoms with E-state index in [0.717, 1.165) is 28.8 Å². The largest absolute Gasteiger partial charge is 0.399 e. The smallest absolute Gasteiger partial charge is 0.251 e. The molecule has 0 aromatic heterocycles. The topological polar surface area (TPSA) is 55.1 Å². The molecule has 3 nitrogen and oxygen atoms in total. The molecule has 3 heteroatoms. The Morgan fingerprint density at radius 1 is 1.11 bits per heavy atom. The lowest BCUT2D eigenvalue weighted by Gasteiger charge is -2.09. The summed E-state index contributed by atoms with van der Waals surface area (Å²) < 4.78 is 0. The molecular formula is C16H18N2O. The van der Waals surface area contributed by atoms with Crippen molar-refractivity contribution in [1.82, 2.24) is 5.32 Å². The molecule has 0 radical (unpaired) electrons. The molecule has 0 spiro atoms. The molecule has 0 saturated carbocycles. The van der Waals surface area contributed by atoms with E-state index in [4.69, 9.17) is 5.73 Å². The minimum atomic E-state index is -0.0331. The maximum Gasteiger partial charge on any atom is 0.251 e. The maximum absolute atomic E-state index is 12.1. The van der Waals surface area contributed by atoms with Crippen LogP contribution in [-0.2, 0) is 13.0 Å². The van der Waals surface area contributed by atoms with Crippen LogP contribution in [0.25, 0.3) is 0 Å². The van der Waals surface area contributed by atoms with E-state index in [1.807, 2.05) is 55.5 Å². The van der Waals surface area contributed by atoms with Crippen LogP contribution in [0.4, 0.5) is 5.69 Å². The van der Waals surface area contributed by atoms with Crippen LogP contribution in [0.15, 0.2) is 48.5 Å². The number of carbonyl (C=O) groups excluding carboxylic acids is 1. The van der Waals surface area contributed by atoms with Gasteiger partial charge >= 0.3 is 0 Å². The molecule has 0 fully saturated rings. The molecule has 0 saturated heterocycles. The van der Waals surface area contributed by atoms with Crippen molar-refractivity contribution >= 4 is 11.6 Å². The van der Waals surface area contributed by atoms with Crippen LogP contribution >= 0.6 is 0 Å². The van der Waals surface area contributed by atoms with Gasteiger partial charge in [0, 0.05) is 17.8 Å². The van der Waals surface area contributed by atoms with Gasteiger partial charge in [-0.1, -0.05) is 37.3 Å². The second-order valence-corrected chi connectivity index (χ2v) is 4.43. The van der Waals surface area contributed by atoms with Crippen molar-refractivity contribution in [2.45, 2.75) is 19.9 Å². The third-order valence-corrected chi connectivity index (χ3v) is 3.08. The van der Waals surface area contributed by atoms with Crippen molar-refractivity contribution in [3.63, 3.8) is 0 Å². The van der Waals surface area contributed by atoms with Gasteiger partial charge in [-0.15, -0.1) is 0 Å². The number of hydrogen-bond acceptors (Lipinski definition) is 2. The molecule has 0 aliphatic rings. The van der Waals surface area contributed by atoms with E-state index in [-0.39, 0.29) is 5.91 Å². The van der Waals surface area contributed by atoms with Gasteiger partial charge in [0.05, 0.1) is 0 Å². The number of nitrogens with two attached hydrogens (primary N) is 1. The van der Waals surface area contributed by atoms with Gasteiger partial charge in [-0.3, -0.25) is 4.79 Å². The molecule has 0 atom stereocenters. The maximum atomic E-state index is 12.1. The molecule has 0 bridgehead atoms. The number of anilines is 1. The number of rotatable bonds is 4. The SMILES string of the molecule is CCc1ccccc1C(=O)NCc1ccc(N)cc1. The van der Waals surface area contributed by atoms with Gasteiger partial charge in [-0.25, -0.2) is 0 Å². The van der Waals surface area contributed by atoms with Gasteiger partial charge < -0.3 is 11.1 Å². The molecule has 19 heavy (non-hydrogen) atoms. The zero-order valence-electron chi connectivity index (χ0n) is 11.0. The highest BCUT2D eigenvalue weighted by molar-refractivity contribution is 5.95. The molecule has 2 rings (SSSR count). The van der Waals surface area contributed by atoms with Crippen LogP contribution in [-0.4, -0.2) is 5.91 Å². The Hall–Kier alpha value is -2.29. The van der Waals surface area contributed by atoms with Crippen LogP contribution in [0.5, 0.6) is 0 Å². The third-order valence-electron chi connectivity index (χ3n) is 3.08. The first-order chi connectivity index (χ1) is 9.20. The van der Waals surface area contributed by atoms with Crippen molar-refractivity contribution < 1.29 is 4.79 Å². The summed E-state index contributed by atoms with van der Waals surface area (Å²) in [6.45, 7) is 2.56. The summed E-state index contributed by atoms with van der Waals surface area (Å²) in [4.78, 5) is 12.1. The van der Waals surface area contributed by atoms with Gasteiger partial charge in [-0.2, -0.15) is 0 Å². The van der Waals surface area contributed by atoms with Crippen LogP contribution in [0.1, 0.15) is 28.4 Å². The molecule has 1 amide bonds. The summed E-state index contributed by atoms with van der Waals surface area (Å²) in [7, 11) is 0. The van der Waals surface area contributed by atoms with E-state index < -0.39 is 0 Å². The Morgan fingerprint density at radius 3 is 2.47 bits per heavy atom. The predicted molar refractivity (Wildman–Crippen MR) is 77.8 cm³/mol. The summed E-state index contributed by atoms with van der Waals surface area (Å²) in [5, 5.41) is 2.93. The molecule has 98 valence electrons. The zero-order chi connectivity index (χ0) is 13.7. The van der Waals surface area contributed by atoms with Crippen molar-refractivity contribution in [1.29, 1.82) is 0 Å². The molecular weight excluding hydrogens is 236 g/mol. The van der Waals surface area contributed by atoms with Gasteiger partial charge in [0.2, 0.25) is 0 Å². The lowest BCUT2D eigenvalue weighted by molar-refractivity contribution is 0.0950. The fourth-order valence-corrected chi connectivity index (χ4v) is 1.96. The molecule has 0 aliphatic heterocycles. The standard InChI is InChI=1S/C16H18N2O/c1-2-13-5-3-4-6-15(13)16(19)18-11-12-7-9-14(17)10-8-12/h3-10H,2,11,17H2,1H3,(H,18,19). The summed E-state index contributed by atoms with van der Waals surface area (Å²) in [6, 6.07) is 15.2. The Labute approximate surface area is 113 Å². The minimum Gasteiger partial charge on any atom is -0.399 e. The Kier molecular flexibility index (Phi) is 4.18. The fourth-order valence-electron chi connectivity index (χ4n) is 1.96. The second kappa shape index (κ2) is 6.05. The van der Waals surface area contributed by atoms with Gasteiger partial charge in [0.25, 0.3) is 5.91 Å². The number of aryl methyl sites for hydroxylation is 1. The van der Waals surface area contributed by atoms with Crippen LogP contribution in [0, 0.1) is 0 Å². The van der Waals surface area contributed by atoms with E-state index in [0.29, 0.717) is 6.54 Å². The lowest BCUT2D eigenvalue weighted by Crippen LogP contribution is -2.23. The highest BCUT2D eigenvalue weighted by atomic mass is 16.1. The Morgan fingerprint density at radius 2 is 1.79 bits per heavy atom. The Bertz CT molecular complexity index is 561. The summed E-state index contributed by atoms with van der Waals surface area (Å²) in [5.41, 5.74) is 9.21. The quantitative estimate of drug-likeness (QED) is 0.824. The first kappa shape index (κ1) is 13.1. The van der Waals surface area contributed by atoms with Gasteiger partial charge in [0.1, 0.15) is 0 Å². The number of hydrogen-bond donors (Lipinski definition) is 2.